The zero-order valence-corrected chi connectivity index (χ0v) is 9.14. The minimum absolute atomic E-state index is 0.158. The Labute approximate surface area is 102 Å². The van der Waals surface area contributed by atoms with E-state index in [-0.39, 0.29) is 11.4 Å². The molecule has 0 amide bonds. The highest BCUT2D eigenvalue weighted by molar-refractivity contribution is 5.99. The fourth-order valence-corrected chi connectivity index (χ4v) is 1.37. The van der Waals surface area contributed by atoms with Gasteiger partial charge in [-0.05, 0) is 30.3 Å². The van der Waals surface area contributed by atoms with E-state index < -0.39 is 11.6 Å². The second-order valence-electron chi connectivity index (χ2n) is 3.40. The number of hydrogen-bond acceptors (Lipinski definition) is 3. The summed E-state index contributed by atoms with van der Waals surface area (Å²) in [6.07, 6.45) is 2.99. The van der Waals surface area contributed by atoms with Gasteiger partial charge in [0, 0.05) is 12.4 Å². The summed E-state index contributed by atoms with van der Waals surface area (Å²) in [7, 11) is 0. The van der Waals surface area contributed by atoms with Gasteiger partial charge in [-0.3, -0.25) is 15.7 Å². The fourth-order valence-electron chi connectivity index (χ4n) is 1.37. The molecule has 0 bridgehead atoms. The van der Waals surface area contributed by atoms with Crippen LogP contribution in [0.25, 0.3) is 0 Å². The summed E-state index contributed by atoms with van der Waals surface area (Å²) in [5, 5.41) is 8.97. The predicted molar refractivity (Wildman–Crippen MR) is 61.7 cm³/mol. The lowest BCUT2D eigenvalue weighted by Crippen LogP contribution is -2.21. The molecule has 0 saturated heterocycles. The largest absolute Gasteiger partial charge is 0.290 e. The topological polar surface area (TPSA) is 57.5 Å². The van der Waals surface area contributed by atoms with Crippen LogP contribution in [0.1, 0.15) is 5.56 Å². The van der Waals surface area contributed by atoms with Crippen molar-refractivity contribution in [3.8, 4) is 0 Å². The van der Waals surface area contributed by atoms with Gasteiger partial charge in [0.25, 0.3) is 0 Å². The standard InChI is InChI=1S/C12H9F2N3O/c13-8-1-2-11(14)10(7-8)12(17-18)16-9-3-5-15-6-4-9/h1-7,18H,(H,15,16,17). The smallest absolute Gasteiger partial charge is 0.160 e. The van der Waals surface area contributed by atoms with Crippen LogP contribution in [0, 0.1) is 11.6 Å². The number of aromatic nitrogens is 1. The van der Waals surface area contributed by atoms with Crippen LogP contribution in [0.4, 0.5) is 14.5 Å². The van der Waals surface area contributed by atoms with E-state index in [1.165, 1.54) is 12.4 Å². The average Bonchev–Trinajstić information content (AvgIpc) is 2.40. The second kappa shape index (κ2) is 5.33. The van der Waals surface area contributed by atoms with Crippen LogP contribution < -0.4 is 5.48 Å². The molecule has 0 radical (unpaired) electrons. The molecule has 6 heteroatoms. The molecule has 18 heavy (non-hydrogen) atoms. The summed E-state index contributed by atoms with van der Waals surface area (Å²) in [6.45, 7) is 0. The highest BCUT2D eigenvalue weighted by Gasteiger charge is 2.10. The van der Waals surface area contributed by atoms with Crippen LogP contribution in [0.5, 0.6) is 0 Å². The third-order valence-electron chi connectivity index (χ3n) is 2.19. The maximum atomic E-state index is 13.5. The van der Waals surface area contributed by atoms with E-state index in [1.807, 2.05) is 0 Å². The van der Waals surface area contributed by atoms with Crippen molar-refractivity contribution in [3.63, 3.8) is 0 Å². The average molecular weight is 249 g/mol. The highest BCUT2D eigenvalue weighted by atomic mass is 19.1. The molecule has 0 spiro atoms. The summed E-state index contributed by atoms with van der Waals surface area (Å²) < 4.78 is 26.5. The summed E-state index contributed by atoms with van der Waals surface area (Å²) in [4.78, 5) is 7.75. The van der Waals surface area contributed by atoms with Crippen LogP contribution in [0.3, 0.4) is 0 Å². The number of amidine groups is 1. The third kappa shape index (κ3) is 2.67. The molecule has 4 nitrogen and oxygen atoms in total. The number of nitrogens with zero attached hydrogens (tertiary/aromatic N) is 2. The molecule has 1 aromatic heterocycles. The number of rotatable bonds is 2. The first-order chi connectivity index (χ1) is 8.70. The minimum atomic E-state index is -0.689. The van der Waals surface area contributed by atoms with Gasteiger partial charge in [-0.15, -0.1) is 0 Å². The molecule has 2 N–H and O–H groups in total. The number of hydrogen-bond donors (Lipinski definition) is 2. The number of halogens is 2. The monoisotopic (exact) mass is 249 g/mol. The van der Waals surface area contributed by atoms with E-state index in [0.29, 0.717) is 5.69 Å². The molecule has 1 aromatic carbocycles. The Balaban J connectivity index is 2.45. The van der Waals surface area contributed by atoms with Gasteiger partial charge in [0.15, 0.2) is 5.84 Å². The van der Waals surface area contributed by atoms with E-state index in [0.717, 1.165) is 18.2 Å². The molecule has 0 fully saturated rings. The Morgan fingerprint density at radius 2 is 1.89 bits per heavy atom. The molecule has 2 rings (SSSR count). The zero-order chi connectivity index (χ0) is 13.0. The molecule has 92 valence electrons. The van der Waals surface area contributed by atoms with E-state index in [9.17, 15) is 8.78 Å². The van der Waals surface area contributed by atoms with Crippen LogP contribution in [0.2, 0.25) is 0 Å². The Morgan fingerprint density at radius 3 is 2.56 bits per heavy atom. The van der Waals surface area contributed by atoms with Gasteiger partial charge in [-0.25, -0.2) is 13.8 Å². The lowest BCUT2D eigenvalue weighted by molar-refractivity contribution is 0.234. The lowest BCUT2D eigenvalue weighted by atomic mass is 10.2. The zero-order valence-electron chi connectivity index (χ0n) is 9.14. The Bertz CT molecular complexity index is 573. The maximum absolute atomic E-state index is 13.5. The summed E-state index contributed by atoms with van der Waals surface area (Å²) in [5.41, 5.74) is 2.05. The number of hydroxylamine groups is 1. The molecular formula is C12H9F2N3O. The quantitative estimate of drug-likeness (QED) is 0.488. The van der Waals surface area contributed by atoms with E-state index in [4.69, 9.17) is 5.21 Å². The highest BCUT2D eigenvalue weighted by Crippen LogP contribution is 2.14. The molecule has 0 atom stereocenters. The molecule has 0 saturated carbocycles. The maximum Gasteiger partial charge on any atom is 0.160 e. The van der Waals surface area contributed by atoms with Crippen LogP contribution in [-0.4, -0.2) is 16.0 Å². The second-order valence-corrected chi connectivity index (χ2v) is 3.40. The van der Waals surface area contributed by atoms with Crippen molar-refractivity contribution >= 4 is 11.5 Å². The number of benzene rings is 1. The molecule has 1 heterocycles. The van der Waals surface area contributed by atoms with Crippen molar-refractivity contribution < 1.29 is 14.0 Å². The Hall–Kier alpha value is -2.34. The van der Waals surface area contributed by atoms with Crippen molar-refractivity contribution in [2.75, 3.05) is 0 Å². The van der Waals surface area contributed by atoms with Crippen LogP contribution in [-0.2, 0) is 0 Å². The van der Waals surface area contributed by atoms with Crippen molar-refractivity contribution in [1.29, 1.82) is 0 Å². The van der Waals surface area contributed by atoms with Crippen molar-refractivity contribution in [2.45, 2.75) is 0 Å². The summed E-state index contributed by atoms with van der Waals surface area (Å²) in [5.74, 6) is -1.49. The third-order valence-corrected chi connectivity index (χ3v) is 2.19. The Kier molecular flexibility index (Phi) is 3.59. The molecule has 0 aliphatic rings. The van der Waals surface area contributed by atoms with Gasteiger partial charge in [-0.1, -0.05) is 0 Å². The van der Waals surface area contributed by atoms with Crippen molar-refractivity contribution in [1.82, 2.24) is 10.5 Å². The lowest BCUT2D eigenvalue weighted by Gasteiger charge is -2.06. The van der Waals surface area contributed by atoms with Gasteiger partial charge >= 0.3 is 0 Å². The summed E-state index contributed by atoms with van der Waals surface area (Å²) >= 11 is 0. The SMILES string of the molecule is ONC(=Nc1ccncc1)c1cc(F)ccc1F. The molecular weight excluding hydrogens is 240 g/mol. The number of nitrogens with one attached hydrogen (secondary N) is 1. The first-order valence-corrected chi connectivity index (χ1v) is 5.05. The fraction of sp³-hybridized carbons (Fsp3) is 0. The normalized spacial score (nSPS) is 11.4. The van der Waals surface area contributed by atoms with Gasteiger partial charge in [0.1, 0.15) is 11.6 Å². The summed E-state index contributed by atoms with van der Waals surface area (Å²) in [6, 6.07) is 6.02. The molecule has 0 aliphatic heterocycles. The van der Waals surface area contributed by atoms with Gasteiger partial charge < -0.3 is 0 Å². The minimum Gasteiger partial charge on any atom is -0.290 e. The first kappa shape index (κ1) is 12.1. The molecule has 0 aliphatic carbocycles. The van der Waals surface area contributed by atoms with Crippen LogP contribution >= 0.6 is 0 Å². The van der Waals surface area contributed by atoms with E-state index in [1.54, 1.807) is 17.6 Å². The predicted octanol–water partition coefficient (Wildman–Crippen LogP) is 2.42. The van der Waals surface area contributed by atoms with E-state index >= 15 is 0 Å². The first-order valence-electron chi connectivity index (χ1n) is 5.05. The Morgan fingerprint density at radius 1 is 1.17 bits per heavy atom. The van der Waals surface area contributed by atoms with E-state index in [2.05, 4.69) is 9.98 Å². The van der Waals surface area contributed by atoms with Gasteiger partial charge in [0.2, 0.25) is 0 Å². The van der Waals surface area contributed by atoms with Gasteiger partial charge in [-0.2, -0.15) is 0 Å². The number of pyridine rings is 1. The van der Waals surface area contributed by atoms with Crippen LogP contribution in [0.15, 0.2) is 47.7 Å². The van der Waals surface area contributed by atoms with Crippen molar-refractivity contribution in [3.05, 3.63) is 59.9 Å². The van der Waals surface area contributed by atoms with Crippen molar-refractivity contribution in [2.24, 2.45) is 4.99 Å². The van der Waals surface area contributed by atoms with Gasteiger partial charge in [0.05, 0.1) is 11.3 Å². The molecule has 2 aromatic rings. The molecule has 0 unspecified atom stereocenters. The number of aliphatic imine (C=N–C) groups is 1.